The van der Waals surface area contributed by atoms with Gasteiger partial charge in [-0.15, -0.1) is 0 Å². The van der Waals surface area contributed by atoms with E-state index >= 15 is 0 Å². The number of amides is 1. The van der Waals surface area contributed by atoms with Crippen LogP contribution in [0.4, 0.5) is 0 Å². The number of hydrogen-bond donors (Lipinski definition) is 1. The van der Waals surface area contributed by atoms with E-state index < -0.39 is 0 Å². The summed E-state index contributed by atoms with van der Waals surface area (Å²) >= 11 is 0. The average Bonchev–Trinajstić information content (AvgIpc) is 2.71. The number of nitrogens with one attached hydrogen (secondary N) is 1. The van der Waals surface area contributed by atoms with Crippen LogP contribution in [0.25, 0.3) is 0 Å². The Hall–Kier alpha value is -2.24. The predicted octanol–water partition coefficient (Wildman–Crippen LogP) is 2.67. The number of benzene rings is 1. The van der Waals surface area contributed by atoms with Gasteiger partial charge in [-0.25, -0.2) is 0 Å². The van der Waals surface area contributed by atoms with Crippen LogP contribution in [0.5, 0.6) is 0 Å². The normalized spacial score (nSPS) is 20.3. The highest BCUT2D eigenvalue weighted by molar-refractivity contribution is 5.79. The number of piperidine rings is 1. The summed E-state index contributed by atoms with van der Waals surface area (Å²) in [7, 11) is 1.71. The second kappa shape index (κ2) is 10.2. The van der Waals surface area contributed by atoms with E-state index in [1.54, 1.807) is 13.3 Å². The molecule has 5 heteroatoms. The quantitative estimate of drug-likeness (QED) is 0.779. The van der Waals surface area contributed by atoms with Gasteiger partial charge in [0.15, 0.2) is 0 Å². The Morgan fingerprint density at radius 2 is 2.04 bits per heavy atom. The molecule has 144 valence electrons. The van der Waals surface area contributed by atoms with Gasteiger partial charge in [0.2, 0.25) is 5.91 Å². The van der Waals surface area contributed by atoms with Gasteiger partial charge >= 0.3 is 0 Å². The molecule has 0 spiro atoms. The minimum absolute atomic E-state index is 0.0312. The Labute approximate surface area is 161 Å². The number of rotatable bonds is 8. The van der Waals surface area contributed by atoms with Crippen molar-refractivity contribution in [1.29, 1.82) is 0 Å². The van der Waals surface area contributed by atoms with Gasteiger partial charge in [0.05, 0.1) is 12.5 Å². The van der Waals surface area contributed by atoms with E-state index in [1.807, 2.05) is 24.4 Å². The molecular weight excluding hydrogens is 338 g/mol. The summed E-state index contributed by atoms with van der Waals surface area (Å²) in [5.41, 5.74) is 2.41. The predicted molar refractivity (Wildman–Crippen MR) is 106 cm³/mol. The summed E-state index contributed by atoms with van der Waals surface area (Å²) < 4.78 is 5.47. The van der Waals surface area contributed by atoms with E-state index in [9.17, 15) is 4.79 Å². The number of methoxy groups -OCH3 is 1. The van der Waals surface area contributed by atoms with E-state index in [0.717, 1.165) is 37.9 Å². The molecule has 2 heterocycles. The van der Waals surface area contributed by atoms with Gasteiger partial charge in [0.25, 0.3) is 0 Å². The van der Waals surface area contributed by atoms with E-state index in [1.165, 1.54) is 5.56 Å². The smallest absolute Gasteiger partial charge is 0.224 e. The molecule has 1 aromatic heterocycles. The highest BCUT2D eigenvalue weighted by Gasteiger charge is 2.35. The minimum atomic E-state index is -0.0312. The van der Waals surface area contributed by atoms with E-state index in [4.69, 9.17) is 4.74 Å². The summed E-state index contributed by atoms with van der Waals surface area (Å²) in [5, 5.41) is 3.12. The largest absolute Gasteiger partial charge is 0.383 e. The van der Waals surface area contributed by atoms with Crippen molar-refractivity contribution < 1.29 is 9.53 Å². The number of likely N-dealkylation sites (tertiary alicyclic amines) is 1. The number of nitrogens with zero attached hydrogens (tertiary/aromatic N) is 2. The number of pyridine rings is 1. The summed E-state index contributed by atoms with van der Waals surface area (Å²) in [5.74, 6) is 0.106. The zero-order valence-corrected chi connectivity index (χ0v) is 16.0. The standard InChI is InChI=1S/C22H29N3O2/c1-27-17-21-20(22(26)24-13-11-18-9-5-12-23-15-18)10-6-14-25(21)16-19-7-3-2-4-8-19/h2-5,7-9,12,15,20-21H,6,10-11,13-14,16-17H2,1H3,(H,24,26)/t20-,21-/m1/s1. The third-order valence-electron chi connectivity index (χ3n) is 5.23. The van der Waals surface area contributed by atoms with Crippen LogP contribution in [-0.2, 0) is 22.5 Å². The Morgan fingerprint density at radius 1 is 1.22 bits per heavy atom. The molecule has 0 unspecified atom stereocenters. The minimum Gasteiger partial charge on any atom is -0.383 e. The molecule has 1 amide bonds. The number of hydrogen-bond acceptors (Lipinski definition) is 4. The molecule has 1 aliphatic rings. The van der Waals surface area contributed by atoms with Gasteiger partial charge in [-0.1, -0.05) is 36.4 Å². The molecule has 27 heavy (non-hydrogen) atoms. The fraction of sp³-hybridized carbons (Fsp3) is 0.455. The second-order valence-electron chi connectivity index (χ2n) is 7.13. The fourth-order valence-corrected chi connectivity index (χ4v) is 3.85. The first-order valence-electron chi connectivity index (χ1n) is 9.71. The molecule has 2 aromatic rings. The third kappa shape index (κ3) is 5.62. The summed E-state index contributed by atoms with van der Waals surface area (Å²) in [6.07, 6.45) is 6.36. The number of aromatic nitrogens is 1. The molecule has 0 saturated carbocycles. The zero-order chi connectivity index (χ0) is 18.9. The molecule has 1 saturated heterocycles. The molecule has 1 fully saturated rings. The molecule has 2 atom stereocenters. The molecule has 1 aromatic carbocycles. The Morgan fingerprint density at radius 3 is 2.78 bits per heavy atom. The van der Waals surface area contributed by atoms with Crippen LogP contribution >= 0.6 is 0 Å². The highest BCUT2D eigenvalue weighted by Crippen LogP contribution is 2.26. The molecule has 1 aliphatic heterocycles. The van der Waals surface area contributed by atoms with Crippen LogP contribution in [-0.4, -0.2) is 48.6 Å². The lowest BCUT2D eigenvalue weighted by atomic mass is 9.88. The van der Waals surface area contributed by atoms with Crippen molar-refractivity contribution in [1.82, 2.24) is 15.2 Å². The molecule has 0 radical (unpaired) electrons. The first kappa shape index (κ1) is 19.5. The van der Waals surface area contributed by atoms with Crippen LogP contribution in [0.15, 0.2) is 54.9 Å². The molecule has 1 N–H and O–H groups in total. The SMILES string of the molecule is COC[C@@H]1[C@H](C(=O)NCCc2cccnc2)CCCN1Cc1ccccc1. The van der Waals surface area contributed by atoms with Crippen LogP contribution in [0.2, 0.25) is 0 Å². The first-order valence-corrected chi connectivity index (χ1v) is 9.71. The Bertz CT molecular complexity index is 693. The van der Waals surface area contributed by atoms with Gasteiger partial charge in [-0.2, -0.15) is 0 Å². The van der Waals surface area contributed by atoms with Gasteiger partial charge in [0.1, 0.15) is 0 Å². The molecular formula is C22H29N3O2. The second-order valence-corrected chi connectivity index (χ2v) is 7.13. The van der Waals surface area contributed by atoms with Crippen LogP contribution in [0, 0.1) is 5.92 Å². The monoisotopic (exact) mass is 367 g/mol. The van der Waals surface area contributed by atoms with E-state index in [2.05, 4.69) is 39.5 Å². The maximum atomic E-state index is 12.9. The fourth-order valence-electron chi connectivity index (χ4n) is 3.85. The lowest BCUT2D eigenvalue weighted by Crippen LogP contribution is -2.52. The number of ether oxygens (including phenoxy) is 1. The van der Waals surface area contributed by atoms with Crippen LogP contribution in [0.3, 0.4) is 0 Å². The van der Waals surface area contributed by atoms with Crippen molar-refractivity contribution in [3.63, 3.8) is 0 Å². The lowest BCUT2D eigenvalue weighted by molar-refractivity contribution is -0.130. The number of carbonyl (C=O) groups excluding carboxylic acids is 1. The average molecular weight is 367 g/mol. The van der Waals surface area contributed by atoms with Crippen molar-refractivity contribution in [2.24, 2.45) is 5.92 Å². The van der Waals surface area contributed by atoms with Gasteiger partial charge in [-0.05, 0) is 43.0 Å². The lowest BCUT2D eigenvalue weighted by Gasteiger charge is -2.40. The topological polar surface area (TPSA) is 54.5 Å². The van der Waals surface area contributed by atoms with Gasteiger partial charge in [-0.3, -0.25) is 14.7 Å². The molecule has 0 bridgehead atoms. The van der Waals surface area contributed by atoms with Crippen LogP contribution < -0.4 is 5.32 Å². The molecule has 5 nitrogen and oxygen atoms in total. The third-order valence-corrected chi connectivity index (χ3v) is 5.23. The van der Waals surface area contributed by atoms with Crippen molar-refractivity contribution in [2.75, 3.05) is 26.8 Å². The maximum absolute atomic E-state index is 12.9. The number of carbonyl (C=O) groups is 1. The highest BCUT2D eigenvalue weighted by atomic mass is 16.5. The van der Waals surface area contributed by atoms with Crippen molar-refractivity contribution in [3.05, 3.63) is 66.0 Å². The Kier molecular flexibility index (Phi) is 7.36. The summed E-state index contributed by atoms with van der Waals surface area (Å²) in [6, 6.07) is 14.5. The summed E-state index contributed by atoms with van der Waals surface area (Å²) in [4.78, 5) is 19.4. The molecule has 0 aliphatic carbocycles. The van der Waals surface area contributed by atoms with E-state index in [-0.39, 0.29) is 17.9 Å². The maximum Gasteiger partial charge on any atom is 0.224 e. The molecule has 3 rings (SSSR count). The van der Waals surface area contributed by atoms with Gasteiger partial charge in [0, 0.05) is 38.6 Å². The van der Waals surface area contributed by atoms with Crippen molar-refractivity contribution >= 4 is 5.91 Å². The van der Waals surface area contributed by atoms with Crippen molar-refractivity contribution in [2.45, 2.75) is 31.8 Å². The van der Waals surface area contributed by atoms with Gasteiger partial charge < -0.3 is 10.1 Å². The van der Waals surface area contributed by atoms with E-state index in [0.29, 0.717) is 13.2 Å². The van der Waals surface area contributed by atoms with Crippen LogP contribution in [0.1, 0.15) is 24.0 Å². The summed E-state index contributed by atoms with van der Waals surface area (Å²) in [6.45, 7) is 3.07. The Balaban J connectivity index is 1.59. The van der Waals surface area contributed by atoms with Crippen molar-refractivity contribution in [3.8, 4) is 0 Å². The zero-order valence-electron chi connectivity index (χ0n) is 16.0. The first-order chi connectivity index (χ1) is 13.3.